The van der Waals surface area contributed by atoms with E-state index in [9.17, 15) is 4.79 Å². The second-order valence-corrected chi connectivity index (χ2v) is 4.97. The predicted octanol–water partition coefficient (Wildman–Crippen LogP) is 4.79. The molecule has 19 heavy (non-hydrogen) atoms. The van der Waals surface area contributed by atoms with Gasteiger partial charge in [0.15, 0.2) is 0 Å². The normalized spacial score (nSPS) is 10.3. The molecule has 0 saturated heterocycles. The van der Waals surface area contributed by atoms with Crippen LogP contribution in [0, 0.1) is 6.92 Å². The Morgan fingerprint density at radius 1 is 1.05 bits per heavy atom. The van der Waals surface area contributed by atoms with Crippen molar-refractivity contribution in [3.63, 3.8) is 0 Å². The first kappa shape index (κ1) is 13.9. The van der Waals surface area contributed by atoms with Gasteiger partial charge in [-0.1, -0.05) is 35.3 Å². The number of hydrogen-bond acceptors (Lipinski definition) is 2. The van der Waals surface area contributed by atoms with Crippen LogP contribution >= 0.6 is 23.2 Å². The van der Waals surface area contributed by atoms with Crippen molar-refractivity contribution in [2.75, 3.05) is 7.11 Å². The lowest BCUT2D eigenvalue weighted by molar-refractivity contribution is 0.112. The van der Waals surface area contributed by atoms with E-state index in [-0.39, 0.29) is 0 Å². The van der Waals surface area contributed by atoms with Gasteiger partial charge < -0.3 is 4.74 Å². The molecule has 98 valence electrons. The summed E-state index contributed by atoms with van der Waals surface area (Å²) in [5, 5.41) is 1.06. The summed E-state index contributed by atoms with van der Waals surface area (Å²) in [6.07, 6.45) is 0.819. The summed E-state index contributed by atoms with van der Waals surface area (Å²) >= 11 is 12.4. The average Bonchev–Trinajstić information content (AvgIpc) is 2.41. The van der Waals surface area contributed by atoms with Gasteiger partial charge >= 0.3 is 0 Å². The van der Waals surface area contributed by atoms with Gasteiger partial charge in [0, 0.05) is 17.2 Å². The Kier molecular flexibility index (Phi) is 4.13. The Bertz CT molecular complexity index is 636. The van der Waals surface area contributed by atoms with E-state index in [2.05, 4.69) is 0 Å². The van der Waals surface area contributed by atoms with E-state index in [0.717, 1.165) is 23.0 Å². The number of halogens is 2. The molecule has 0 spiro atoms. The third kappa shape index (κ3) is 2.75. The molecule has 0 amide bonds. The number of ether oxygens (including phenoxy) is 1. The molecular weight excluding hydrogens is 283 g/mol. The van der Waals surface area contributed by atoms with E-state index < -0.39 is 0 Å². The zero-order chi connectivity index (χ0) is 14.0. The molecular formula is C15H12Cl2O2. The molecule has 0 unspecified atom stereocenters. The second kappa shape index (κ2) is 5.64. The van der Waals surface area contributed by atoms with Gasteiger partial charge in [-0.05, 0) is 30.2 Å². The highest BCUT2D eigenvalue weighted by molar-refractivity contribution is 6.36. The topological polar surface area (TPSA) is 26.3 Å². The zero-order valence-corrected chi connectivity index (χ0v) is 12.0. The molecule has 0 N–H and O–H groups in total. The number of aldehydes is 1. The van der Waals surface area contributed by atoms with Crippen LogP contribution in [0.15, 0.2) is 30.3 Å². The molecule has 2 aromatic carbocycles. The Labute approximate surface area is 121 Å². The molecule has 0 aliphatic carbocycles. The lowest BCUT2D eigenvalue weighted by Gasteiger charge is -2.11. The molecule has 0 aromatic heterocycles. The number of rotatable bonds is 3. The molecule has 2 nitrogen and oxygen atoms in total. The highest BCUT2D eigenvalue weighted by Crippen LogP contribution is 2.37. The van der Waals surface area contributed by atoms with Crippen molar-refractivity contribution in [2.24, 2.45) is 0 Å². The largest absolute Gasteiger partial charge is 0.495 e. The molecule has 0 bridgehead atoms. The van der Waals surface area contributed by atoms with Gasteiger partial charge in [-0.2, -0.15) is 0 Å². The van der Waals surface area contributed by atoms with Crippen molar-refractivity contribution in [3.05, 3.63) is 51.5 Å². The summed E-state index contributed by atoms with van der Waals surface area (Å²) in [5.74, 6) is 0.539. The summed E-state index contributed by atoms with van der Waals surface area (Å²) in [6.45, 7) is 1.93. The van der Waals surface area contributed by atoms with Gasteiger partial charge in [0.1, 0.15) is 12.0 Å². The van der Waals surface area contributed by atoms with Crippen LogP contribution in [0.1, 0.15) is 15.9 Å². The van der Waals surface area contributed by atoms with E-state index in [1.807, 2.05) is 19.1 Å². The SMILES string of the molecule is COc1cc(Cl)c(-c2ccc(C=O)cc2C)cc1Cl. The lowest BCUT2D eigenvalue weighted by Crippen LogP contribution is -1.90. The summed E-state index contributed by atoms with van der Waals surface area (Å²) < 4.78 is 5.12. The van der Waals surface area contributed by atoms with Crippen LogP contribution in [0.3, 0.4) is 0 Å². The van der Waals surface area contributed by atoms with Gasteiger partial charge in [0.2, 0.25) is 0 Å². The minimum Gasteiger partial charge on any atom is -0.495 e. The Morgan fingerprint density at radius 3 is 2.37 bits per heavy atom. The van der Waals surface area contributed by atoms with Crippen molar-refractivity contribution in [2.45, 2.75) is 6.92 Å². The highest BCUT2D eigenvalue weighted by atomic mass is 35.5. The van der Waals surface area contributed by atoms with E-state index in [1.165, 1.54) is 0 Å². The van der Waals surface area contributed by atoms with E-state index in [4.69, 9.17) is 27.9 Å². The van der Waals surface area contributed by atoms with Crippen molar-refractivity contribution >= 4 is 29.5 Å². The average molecular weight is 295 g/mol. The maximum Gasteiger partial charge on any atom is 0.150 e. The molecule has 0 heterocycles. The van der Waals surface area contributed by atoms with Gasteiger partial charge in [-0.15, -0.1) is 0 Å². The number of aryl methyl sites for hydroxylation is 1. The third-order valence-electron chi connectivity index (χ3n) is 2.92. The van der Waals surface area contributed by atoms with Crippen LogP contribution in [0.5, 0.6) is 5.75 Å². The highest BCUT2D eigenvalue weighted by Gasteiger charge is 2.11. The number of benzene rings is 2. The van der Waals surface area contributed by atoms with Crippen LogP contribution in [0.25, 0.3) is 11.1 Å². The summed E-state index contributed by atoms with van der Waals surface area (Å²) in [7, 11) is 1.54. The smallest absolute Gasteiger partial charge is 0.150 e. The Balaban J connectivity index is 2.59. The minimum atomic E-state index is 0.501. The van der Waals surface area contributed by atoms with Gasteiger partial charge in [0.25, 0.3) is 0 Å². The lowest BCUT2D eigenvalue weighted by atomic mass is 9.98. The molecule has 2 aromatic rings. The molecule has 4 heteroatoms. The number of carbonyl (C=O) groups excluding carboxylic acids is 1. The second-order valence-electron chi connectivity index (χ2n) is 4.16. The molecule has 0 saturated carbocycles. The van der Waals surface area contributed by atoms with Crippen LogP contribution in [-0.4, -0.2) is 13.4 Å². The summed E-state index contributed by atoms with van der Waals surface area (Å²) in [4.78, 5) is 10.7. The molecule has 2 rings (SSSR count). The Hall–Kier alpha value is -1.51. The van der Waals surface area contributed by atoms with Crippen molar-refractivity contribution in [1.82, 2.24) is 0 Å². The molecule has 0 radical (unpaired) electrons. The van der Waals surface area contributed by atoms with Crippen molar-refractivity contribution in [3.8, 4) is 16.9 Å². The maximum atomic E-state index is 10.7. The maximum absolute atomic E-state index is 10.7. The first-order chi connectivity index (χ1) is 9.06. The summed E-state index contributed by atoms with van der Waals surface area (Å²) in [5.41, 5.74) is 3.37. The minimum absolute atomic E-state index is 0.501. The fourth-order valence-corrected chi connectivity index (χ4v) is 2.45. The van der Waals surface area contributed by atoms with E-state index in [0.29, 0.717) is 21.4 Å². The van der Waals surface area contributed by atoms with E-state index >= 15 is 0 Å². The Morgan fingerprint density at radius 2 is 1.79 bits per heavy atom. The van der Waals surface area contributed by atoms with Gasteiger partial charge in [-0.3, -0.25) is 4.79 Å². The zero-order valence-electron chi connectivity index (χ0n) is 10.5. The van der Waals surface area contributed by atoms with Crippen LogP contribution in [0.4, 0.5) is 0 Å². The van der Waals surface area contributed by atoms with Crippen molar-refractivity contribution < 1.29 is 9.53 Å². The van der Waals surface area contributed by atoms with Crippen LogP contribution in [0.2, 0.25) is 10.0 Å². The predicted molar refractivity (Wildman–Crippen MR) is 78.6 cm³/mol. The number of hydrogen-bond donors (Lipinski definition) is 0. The van der Waals surface area contributed by atoms with Crippen LogP contribution in [-0.2, 0) is 0 Å². The molecule has 0 fully saturated rings. The first-order valence-electron chi connectivity index (χ1n) is 5.66. The quantitative estimate of drug-likeness (QED) is 0.761. The monoisotopic (exact) mass is 294 g/mol. The fraction of sp³-hybridized carbons (Fsp3) is 0.133. The van der Waals surface area contributed by atoms with E-state index in [1.54, 1.807) is 25.3 Å². The summed E-state index contributed by atoms with van der Waals surface area (Å²) in [6, 6.07) is 8.89. The number of carbonyl (C=O) groups is 1. The molecule has 0 aliphatic rings. The fourth-order valence-electron chi connectivity index (χ4n) is 1.95. The number of methoxy groups -OCH3 is 1. The molecule has 0 atom stereocenters. The molecule has 0 aliphatic heterocycles. The van der Waals surface area contributed by atoms with Crippen LogP contribution < -0.4 is 4.74 Å². The van der Waals surface area contributed by atoms with Crippen molar-refractivity contribution in [1.29, 1.82) is 0 Å². The van der Waals surface area contributed by atoms with Gasteiger partial charge in [0.05, 0.1) is 17.2 Å². The standard InChI is InChI=1S/C15H12Cl2O2/c1-9-5-10(8-18)3-4-11(9)12-6-14(17)15(19-2)7-13(12)16/h3-8H,1-2H3. The third-order valence-corrected chi connectivity index (χ3v) is 3.53. The van der Waals surface area contributed by atoms with Gasteiger partial charge in [-0.25, -0.2) is 0 Å². The first-order valence-corrected chi connectivity index (χ1v) is 6.41.